The predicted octanol–water partition coefficient (Wildman–Crippen LogP) is 2.59. The number of likely N-dealkylation sites (tertiary alicyclic amines) is 2. The number of nitrogens with zero attached hydrogens (tertiary/aromatic N) is 2. The van der Waals surface area contributed by atoms with E-state index in [0.717, 1.165) is 64.3 Å². The zero-order chi connectivity index (χ0) is 17.0. The molecule has 3 rings (SSSR count). The zero-order valence-electron chi connectivity index (χ0n) is 15.3. The number of carbonyl (C=O) groups is 1. The molecule has 0 radical (unpaired) electrons. The number of carbonyl (C=O) groups excluding carboxylic acids is 1. The second-order valence-corrected chi connectivity index (χ2v) is 8.20. The van der Waals surface area contributed by atoms with Crippen LogP contribution in [0.3, 0.4) is 0 Å². The molecule has 24 heavy (non-hydrogen) atoms. The van der Waals surface area contributed by atoms with Crippen molar-refractivity contribution in [2.45, 2.75) is 76.8 Å². The first-order valence-corrected chi connectivity index (χ1v) is 10.1. The molecule has 5 nitrogen and oxygen atoms in total. The molecule has 0 aromatic heterocycles. The van der Waals surface area contributed by atoms with Crippen LogP contribution < -0.4 is 5.32 Å². The summed E-state index contributed by atoms with van der Waals surface area (Å²) in [5.74, 6) is 0. The van der Waals surface area contributed by atoms with Crippen LogP contribution in [-0.4, -0.2) is 65.8 Å². The summed E-state index contributed by atoms with van der Waals surface area (Å²) >= 11 is 0. The summed E-state index contributed by atoms with van der Waals surface area (Å²) in [5.41, 5.74) is 0.0450. The highest BCUT2D eigenvalue weighted by molar-refractivity contribution is 5.74. The van der Waals surface area contributed by atoms with Crippen molar-refractivity contribution < 1.29 is 9.90 Å². The molecule has 0 aromatic carbocycles. The molecule has 138 valence electrons. The van der Waals surface area contributed by atoms with Gasteiger partial charge in [-0.1, -0.05) is 19.8 Å². The molecule has 2 aliphatic heterocycles. The fourth-order valence-corrected chi connectivity index (χ4v) is 4.75. The smallest absolute Gasteiger partial charge is 0.317 e. The number of hydrogen-bond acceptors (Lipinski definition) is 3. The molecule has 2 heterocycles. The van der Waals surface area contributed by atoms with Crippen molar-refractivity contribution in [3.63, 3.8) is 0 Å². The summed E-state index contributed by atoms with van der Waals surface area (Å²) in [6.07, 6.45) is 10.5. The van der Waals surface area contributed by atoms with Crippen LogP contribution in [0.5, 0.6) is 0 Å². The Hall–Kier alpha value is -0.810. The van der Waals surface area contributed by atoms with Gasteiger partial charge in [-0.05, 0) is 50.4 Å². The third kappa shape index (κ3) is 4.05. The lowest BCUT2D eigenvalue weighted by atomic mass is 9.77. The Morgan fingerprint density at radius 3 is 2.25 bits per heavy atom. The van der Waals surface area contributed by atoms with E-state index in [-0.39, 0.29) is 18.1 Å². The lowest BCUT2D eigenvalue weighted by Gasteiger charge is -2.41. The minimum atomic E-state index is 0.0450. The van der Waals surface area contributed by atoms with Gasteiger partial charge in [0.15, 0.2) is 0 Å². The molecule has 2 saturated heterocycles. The van der Waals surface area contributed by atoms with Crippen molar-refractivity contribution in [1.82, 2.24) is 15.1 Å². The Labute approximate surface area is 146 Å². The first-order valence-electron chi connectivity index (χ1n) is 10.1. The Morgan fingerprint density at radius 2 is 1.71 bits per heavy atom. The molecule has 0 unspecified atom stereocenters. The van der Waals surface area contributed by atoms with Gasteiger partial charge in [0.25, 0.3) is 0 Å². The summed E-state index contributed by atoms with van der Waals surface area (Å²) in [5, 5.41) is 12.9. The number of urea groups is 1. The number of hydrogen-bond donors (Lipinski definition) is 2. The number of amides is 2. The number of aliphatic hydroxyl groups is 1. The Bertz CT molecular complexity index is 401. The summed E-state index contributed by atoms with van der Waals surface area (Å²) < 4.78 is 0. The molecule has 0 atom stereocenters. The fourth-order valence-electron chi connectivity index (χ4n) is 4.75. The Balaban J connectivity index is 1.40. The average Bonchev–Trinajstić information content (AvgIpc) is 3.17. The van der Waals surface area contributed by atoms with Crippen LogP contribution in [0.1, 0.15) is 64.7 Å². The van der Waals surface area contributed by atoms with Crippen molar-refractivity contribution in [2.75, 3.05) is 32.8 Å². The number of rotatable bonds is 4. The average molecular weight is 338 g/mol. The van der Waals surface area contributed by atoms with Crippen LogP contribution in [0.25, 0.3) is 0 Å². The molecule has 3 fully saturated rings. The van der Waals surface area contributed by atoms with E-state index in [1.54, 1.807) is 0 Å². The predicted molar refractivity (Wildman–Crippen MR) is 96.0 cm³/mol. The molecule has 0 spiro atoms. The Kier molecular flexibility index (Phi) is 6.03. The minimum absolute atomic E-state index is 0.0450. The molecule has 0 bridgehead atoms. The summed E-state index contributed by atoms with van der Waals surface area (Å²) in [6, 6.07) is 1.26. The molecule has 1 saturated carbocycles. The molecular weight excluding hydrogens is 302 g/mol. The van der Waals surface area contributed by atoms with Gasteiger partial charge in [0.1, 0.15) is 0 Å². The molecular formula is C19H35N3O2. The van der Waals surface area contributed by atoms with Gasteiger partial charge in [0.2, 0.25) is 0 Å². The maximum Gasteiger partial charge on any atom is 0.317 e. The number of piperidine rings is 2. The van der Waals surface area contributed by atoms with Gasteiger partial charge in [0.05, 0.1) is 0 Å². The lowest BCUT2D eigenvalue weighted by Crippen LogP contribution is -2.53. The lowest BCUT2D eigenvalue weighted by molar-refractivity contribution is 0.0506. The van der Waals surface area contributed by atoms with Crippen molar-refractivity contribution >= 4 is 6.03 Å². The summed E-state index contributed by atoms with van der Waals surface area (Å²) in [7, 11) is 0. The molecule has 2 amide bonds. The van der Waals surface area contributed by atoms with Crippen molar-refractivity contribution in [3.8, 4) is 0 Å². The summed E-state index contributed by atoms with van der Waals surface area (Å²) in [4.78, 5) is 17.1. The molecule has 2 N–H and O–H groups in total. The van der Waals surface area contributed by atoms with E-state index in [0.29, 0.717) is 6.04 Å². The standard InChI is InChI=1S/C19H35N3O2/c1-2-19(15-23)9-13-22(14-10-19)18(24)20-16-7-11-21(12-8-16)17-5-3-4-6-17/h16-17,23H,2-15H2,1H3,(H,20,24). The SMILES string of the molecule is CCC1(CO)CCN(C(=O)NC2CCN(C3CCCC3)CC2)CC1. The van der Waals surface area contributed by atoms with Crippen LogP contribution in [-0.2, 0) is 0 Å². The van der Waals surface area contributed by atoms with Gasteiger partial charge >= 0.3 is 6.03 Å². The monoisotopic (exact) mass is 337 g/mol. The van der Waals surface area contributed by atoms with Gasteiger partial charge in [0, 0.05) is 44.9 Å². The van der Waals surface area contributed by atoms with Crippen LogP contribution >= 0.6 is 0 Å². The van der Waals surface area contributed by atoms with E-state index >= 15 is 0 Å². The fraction of sp³-hybridized carbons (Fsp3) is 0.947. The van der Waals surface area contributed by atoms with Crippen LogP contribution in [0.4, 0.5) is 4.79 Å². The zero-order valence-corrected chi connectivity index (χ0v) is 15.3. The summed E-state index contributed by atoms with van der Waals surface area (Å²) in [6.45, 7) is 6.23. The van der Waals surface area contributed by atoms with E-state index in [1.165, 1.54) is 25.7 Å². The van der Waals surface area contributed by atoms with Crippen LogP contribution in [0.15, 0.2) is 0 Å². The second-order valence-electron chi connectivity index (χ2n) is 8.20. The van der Waals surface area contributed by atoms with Crippen LogP contribution in [0.2, 0.25) is 0 Å². The van der Waals surface area contributed by atoms with Gasteiger partial charge in [-0.3, -0.25) is 0 Å². The minimum Gasteiger partial charge on any atom is -0.396 e. The van der Waals surface area contributed by atoms with E-state index in [2.05, 4.69) is 17.1 Å². The Morgan fingerprint density at radius 1 is 1.08 bits per heavy atom. The van der Waals surface area contributed by atoms with Gasteiger partial charge in [-0.15, -0.1) is 0 Å². The van der Waals surface area contributed by atoms with Gasteiger partial charge in [-0.2, -0.15) is 0 Å². The van der Waals surface area contributed by atoms with Crippen molar-refractivity contribution in [2.24, 2.45) is 5.41 Å². The van der Waals surface area contributed by atoms with Crippen molar-refractivity contribution in [1.29, 1.82) is 0 Å². The third-order valence-corrected chi connectivity index (χ3v) is 6.89. The molecule has 0 aromatic rings. The first-order chi connectivity index (χ1) is 11.7. The van der Waals surface area contributed by atoms with E-state index in [4.69, 9.17) is 0 Å². The maximum atomic E-state index is 12.5. The van der Waals surface area contributed by atoms with Crippen molar-refractivity contribution in [3.05, 3.63) is 0 Å². The number of nitrogens with one attached hydrogen (secondary N) is 1. The molecule has 1 aliphatic carbocycles. The highest BCUT2D eigenvalue weighted by Crippen LogP contribution is 2.34. The topological polar surface area (TPSA) is 55.8 Å². The quantitative estimate of drug-likeness (QED) is 0.829. The normalized spacial score (nSPS) is 26.7. The van der Waals surface area contributed by atoms with Gasteiger partial charge < -0.3 is 20.2 Å². The van der Waals surface area contributed by atoms with E-state index < -0.39 is 0 Å². The van der Waals surface area contributed by atoms with Gasteiger partial charge in [-0.25, -0.2) is 4.79 Å². The first kappa shape index (κ1) is 18.0. The van der Waals surface area contributed by atoms with Crippen LogP contribution in [0, 0.1) is 5.41 Å². The van der Waals surface area contributed by atoms with E-state index in [9.17, 15) is 9.90 Å². The molecule has 5 heteroatoms. The molecule has 3 aliphatic rings. The second kappa shape index (κ2) is 8.05. The van der Waals surface area contributed by atoms with E-state index in [1.807, 2.05) is 4.90 Å². The third-order valence-electron chi connectivity index (χ3n) is 6.89. The maximum absolute atomic E-state index is 12.5. The highest BCUT2D eigenvalue weighted by atomic mass is 16.3. The highest BCUT2D eigenvalue weighted by Gasteiger charge is 2.35. The number of aliphatic hydroxyl groups excluding tert-OH is 1. The largest absolute Gasteiger partial charge is 0.396 e.